The van der Waals surface area contributed by atoms with Gasteiger partial charge in [0, 0.05) is 114 Å². The number of aromatic nitrogens is 2. The van der Waals surface area contributed by atoms with Crippen LogP contribution in [0.15, 0.2) is 42.7 Å². The normalized spacial score (nSPS) is 15.4. The lowest BCUT2D eigenvalue weighted by molar-refractivity contribution is -0.137. The number of benzene rings is 2. The van der Waals surface area contributed by atoms with Gasteiger partial charge in [0.2, 0.25) is 5.91 Å². The van der Waals surface area contributed by atoms with Crippen LogP contribution in [-0.2, 0) is 16.6 Å². The Labute approximate surface area is 338 Å². The average molecular weight is 810 g/mol. The smallest absolute Gasteiger partial charge is 0.291 e. The highest BCUT2D eigenvalue weighted by atomic mass is 35.5. The summed E-state index contributed by atoms with van der Waals surface area (Å²) in [6, 6.07) is 7.36. The Morgan fingerprint density at radius 3 is 2.37 bits per heavy atom. The first-order valence-electron chi connectivity index (χ1n) is 19.3. The van der Waals surface area contributed by atoms with E-state index in [-0.39, 0.29) is 62.2 Å². The van der Waals surface area contributed by atoms with Crippen LogP contribution in [0.1, 0.15) is 53.2 Å². The second kappa shape index (κ2) is 19.6. The number of ether oxygens (including phenoxy) is 1. The minimum Gasteiger partial charge on any atom is -0.383 e. The van der Waals surface area contributed by atoms with E-state index in [9.17, 15) is 14.4 Å². The summed E-state index contributed by atoms with van der Waals surface area (Å²) in [4.78, 5) is 52.0. The van der Waals surface area contributed by atoms with Crippen molar-refractivity contribution in [3.05, 3.63) is 76.3 Å². The number of nitrogens with one attached hydrogen (secondary N) is 3. The summed E-state index contributed by atoms with van der Waals surface area (Å²) in [5, 5.41) is 14.3. The monoisotopic (exact) mass is 809 g/mol. The Balaban J connectivity index is 1.19. The van der Waals surface area contributed by atoms with Crippen molar-refractivity contribution in [3.63, 3.8) is 0 Å². The largest absolute Gasteiger partial charge is 0.383 e. The summed E-state index contributed by atoms with van der Waals surface area (Å²) in [5.74, 6) is -2.49. The lowest BCUT2D eigenvalue weighted by Gasteiger charge is -2.37. The van der Waals surface area contributed by atoms with Crippen LogP contribution in [0.5, 0.6) is 0 Å². The van der Waals surface area contributed by atoms with E-state index in [0.717, 1.165) is 39.0 Å². The molecule has 0 saturated carbocycles. The Morgan fingerprint density at radius 1 is 1.07 bits per heavy atom. The standard InChI is InChI=1S/C41H54ClF2N9O4/c1-7-28(12-13-49(3)24-27-21-46-22-27)40(55)52-14-16-53(17-15-52)41(56)31-9-8-29(20-34(31)42)48-39(54)38-47-23-35(51(38)5)32-11-10-30(36(43)37(32)44)33(26(2)45)25-50(4)18-19-57-6/h8-11,20,23,25,27-28,45-46H,7,12-19,21-22,24H2,1-6H3,(H,48,54)/b33-25+,45-26?. The first-order valence-corrected chi connectivity index (χ1v) is 19.7. The van der Waals surface area contributed by atoms with Gasteiger partial charge < -0.3 is 44.9 Å². The molecule has 57 heavy (non-hydrogen) atoms. The molecule has 2 fully saturated rings. The Kier molecular flexibility index (Phi) is 15.0. The highest BCUT2D eigenvalue weighted by Crippen LogP contribution is 2.31. The van der Waals surface area contributed by atoms with Crippen LogP contribution >= 0.6 is 11.6 Å². The molecule has 2 aliphatic heterocycles. The molecule has 3 heterocycles. The van der Waals surface area contributed by atoms with E-state index in [4.69, 9.17) is 21.7 Å². The van der Waals surface area contributed by atoms with Crippen molar-refractivity contribution >= 4 is 46.3 Å². The molecular weight excluding hydrogens is 756 g/mol. The van der Waals surface area contributed by atoms with E-state index in [1.807, 2.05) is 11.8 Å². The third kappa shape index (κ3) is 10.4. The number of hydrogen-bond acceptors (Lipinski definition) is 9. The summed E-state index contributed by atoms with van der Waals surface area (Å²) in [5.41, 5.74) is 0.825. The lowest BCUT2D eigenvalue weighted by Crippen LogP contribution is -2.52. The maximum absolute atomic E-state index is 15.6. The molecular formula is C41H54ClF2N9O4. The van der Waals surface area contributed by atoms with Gasteiger partial charge in [0.05, 0.1) is 29.1 Å². The molecule has 0 bridgehead atoms. The van der Waals surface area contributed by atoms with Crippen molar-refractivity contribution in [3.8, 4) is 11.3 Å². The topological polar surface area (TPSA) is 139 Å². The molecule has 3 amide bonds. The van der Waals surface area contributed by atoms with Crippen molar-refractivity contribution in [1.29, 1.82) is 5.41 Å². The molecule has 2 aliphatic rings. The van der Waals surface area contributed by atoms with Gasteiger partial charge in [-0.05, 0) is 63.5 Å². The van der Waals surface area contributed by atoms with Crippen LogP contribution in [0, 0.1) is 28.9 Å². The van der Waals surface area contributed by atoms with Crippen molar-refractivity contribution in [2.45, 2.75) is 26.7 Å². The second-order valence-electron chi connectivity index (χ2n) is 14.9. The van der Waals surface area contributed by atoms with Gasteiger partial charge in [-0.25, -0.2) is 13.8 Å². The van der Waals surface area contributed by atoms with Crippen LogP contribution in [0.3, 0.4) is 0 Å². The fourth-order valence-electron chi connectivity index (χ4n) is 7.11. The number of allylic oxidation sites excluding steroid dienone is 1. The third-order valence-corrected chi connectivity index (χ3v) is 11.0. The van der Waals surface area contributed by atoms with Crippen molar-refractivity contribution < 1.29 is 27.9 Å². The van der Waals surface area contributed by atoms with E-state index in [2.05, 4.69) is 27.6 Å². The van der Waals surface area contributed by atoms with Gasteiger partial charge in [-0.1, -0.05) is 24.6 Å². The molecule has 1 unspecified atom stereocenters. The van der Waals surface area contributed by atoms with Crippen molar-refractivity contribution in [2.75, 3.05) is 92.0 Å². The fraction of sp³-hybridized carbons (Fsp3) is 0.488. The van der Waals surface area contributed by atoms with E-state index >= 15 is 8.78 Å². The summed E-state index contributed by atoms with van der Waals surface area (Å²) >= 11 is 6.57. The van der Waals surface area contributed by atoms with Gasteiger partial charge in [0.15, 0.2) is 17.5 Å². The SMILES string of the molecule is CCC(CCN(C)CC1CNC1)C(=O)N1CCN(C(=O)c2ccc(NC(=O)c3ncc(-c4ccc(/C(=C/N(C)CCOC)C(C)=N)c(F)c4F)n3C)cc2Cl)CC1. The van der Waals surface area contributed by atoms with Gasteiger partial charge in [-0.2, -0.15) is 0 Å². The number of halogens is 3. The highest BCUT2D eigenvalue weighted by Gasteiger charge is 2.30. The number of methoxy groups -OCH3 is 1. The van der Waals surface area contributed by atoms with Crippen LogP contribution < -0.4 is 10.6 Å². The van der Waals surface area contributed by atoms with Gasteiger partial charge >= 0.3 is 0 Å². The van der Waals surface area contributed by atoms with Gasteiger partial charge in [0.25, 0.3) is 11.8 Å². The van der Waals surface area contributed by atoms with E-state index in [0.29, 0.717) is 50.9 Å². The molecule has 308 valence electrons. The third-order valence-electron chi connectivity index (χ3n) is 10.7. The molecule has 3 N–H and O–H groups in total. The molecule has 0 spiro atoms. The number of imidazole rings is 1. The van der Waals surface area contributed by atoms with Gasteiger partial charge in [0.1, 0.15) is 0 Å². The predicted molar refractivity (Wildman–Crippen MR) is 219 cm³/mol. The summed E-state index contributed by atoms with van der Waals surface area (Å²) in [7, 11) is 6.93. The quantitative estimate of drug-likeness (QED) is 0.161. The number of piperazine rings is 1. The zero-order valence-corrected chi connectivity index (χ0v) is 34.4. The number of rotatable bonds is 17. The maximum atomic E-state index is 15.6. The number of likely N-dealkylation sites (N-methyl/N-ethyl adjacent to an activating group) is 1. The summed E-state index contributed by atoms with van der Waals surface area (Å²) in [6.45, 7) is 10.1. The molecule has 13 nitrogen and oxygen atoms in total. The average Bonchev–Trinajstić information content (AvgIpc) is 3.56. The molecule has 2 aromatic carbocycles. The minimum absolute atomic E-state index is 0.0562. The predicted octanol–water partition coefficient (Wildman–Crippen LogP) is 5.08. The van der Waals surface area contributed by atoms with E-state index < -0.39 is 17.5 Å². The number of carbonyl (C=O) groups is 3. The van der Waals surface area contributed by atoms with Crippen molar-refractivity contribution in [2.24, 2.45) is 18.9 Å². The lowest BCUT2D eigenvalue weighted by atomic mass is 9.98. The van der Waals surface area contributed by atoms with Crippen LogP contribution in [0.2, 0.25) is 5.02 Å². The zero-order chi connectivity index (χ0) is 41.4. The number of anilines is 1. The number of hydrogen-bond donors (Lipinski definition) is 3. The summed E-state index contributed by atoms with van der Waals surface area (Å²) in [6.07, 6.45) is 4.42. The Hall–Kier alpha value is -4.70. The molecule has 1 aromatic heterocycles. The molecule has 0 aliphatic carbocycles. The van der Waals surface area contributed by atoms with Crippen LogP contribution in [-0.4, -0.2) is 139 Å². The molecule has 1 atom stereocenters. The minimum atomic E-state index is -1.14. The van der Waals surface area contributed by atoms with Gasteiger partial charge in [-0.15, -0.1) is 0 Å². The fourth-order valence-corrected chi connectivity index (χ4v) is 7.38. The van der Waals surface area contributed by atoms with Crippen LogP contribution in [0.25, 0.3) is 16.8 Å². The number of nitrogens with zero attached hydrogens (tertiary/aromatic N) is 6. The van der Waals surface area contributed by atoms with E-state index in [1.165, 1.54) is 42.9 Å². The maximum Gasteiger partial charge on any atom is 0.291 e. The first-order chi connectivity index (χ1) is 27.2. The highest BCUT2D eigenvalue weighted by molar-refractivity contribution is 6.34. The number of carbonyl (C=O) groups excluding carboxylic acids is 3. The molecule has 2 saturated heterocycles. The van der Waals surface area contributed by atoms with Crippen molar-refractivity contribution in [1.82, 2.24) is 34.5 Å². The molecule has 16 heteroatoms. The van der Waals surface area contributed by atoms with Crippen LogP contribution in [0.4, 0.5) is 14.5 Å². The molecule has 3 aromatic rings. The first kappa shape index (κ1) is 43.4. The van der Waals surface area contributed by atoms with Gasteiger partial charge in [-0.3, -0.25) is 14.4 Å². The Bertz CT molecular complexity index is 1980. The zero-order valence-electron chi connectivity index (χ0n) is 33.6. The molecule has 0 radical (unpaired) electrons. The van der Waals surface area contributed by atoms with E-state index in [1.54, 1.807) is 42.3 Å². The second-order valence-corrected chi connectivity index (χ2v) is 15.3. The number of amides is 3. The Morgan fingerprint density at radius 2 is 1.75 bits per heavy atom. The molecule has 5 rings (SSSR count). The summed E-state index contributed by atoms with van der Waals surface area (Å²) < 4.78 is 37.6.